The van der Waals surface area contributed by atoms with Crippen LogP contribution in [0.25, 0.3) is 11.0 Å². The van der Waals surface area contributed by atoms with Gasteiger partial charge in [-0.25, -0.2) is 4.98 Å². The number of nitrogens with zero attached hydrogens (tertiary/aromatic N) is 2. The monoisotopic (exact) mass is 385 g/mol. The molecule has 0 aliphatic carbocycles. The zero-order chi connectivity index (χ0) is 20.4. The van der Waals surface area contributed by atoms with E-state index in [1.807, 2.05) is 54.2 Å². The Hall–Kier alpha value is -3.39. The number of nitrogens with one attached hydrogen (secondary N) is 1. The molecule has 2 N–H and O–H groups in total. The lowest BCUT2D eigenvalue weighted by Gasteiger charge is -2.08. The molecular formula is C20H23N3O5. The molecule has 0 spiro atoms. The molecule has 8 heteroatoms. The highest BCUT2D eigenvalue weighted by molar-refractivity contribution is 5.94. The molecule has 28 heavy (non-hydrogen) atoms. The lowest BCUT2D eigenvalue weighted by molar-refractivity contribution is -0.122. The zero-order valence-electron chi connectivity index (χ0n) is 15.8. The first kappa shape index (κ1) is 20.9. The molecule has 2 aromatic heterocycles. The third-order valence-corrected chi connectivity index (χ3v) is 3.88. The van der Waals surface area contributed by atoms with Gasteiger partial charge >= 0.3 is 0 Å². The second-order valence-corrected chi connectivity index (χ2v) is 5.81. The van der Waals surface area contributed by atoms with Gasteiger partial charge in [-0.3, -0.25) is 9.59 Å². The molecule has 3 aromatic rings. The SMILES string of the molecule is COCCOc1ccc(CNC(=O)c2ccc3ccn(C)c3n2)cc1.O=CO. The lowest BCUT2D eigenvalue weighted by Crippen LogP contribution is -2.23. The topological polar surface area (TPSA) is 103 Å². The lowest BCUT2D eigenvalue weighted by atomic mass is 10.2. The molecule has 0 unspecified atom stereocenters. The van der Waals surface area contributed by atoms with Gasteiger partial charge in [-0.15, -0.1) is 0 Å². The van der Waals surface area contributed by atoms with Gasteiger partial charge in [-0.2, -0.15) is 0 Å². The molecule has 0 aliphatic heterocycles. The van der Waals surface area contributed by atoms with E-state index in [-0.39, 0.29) is 12.4 Å². The number of aryl methyl sites for hydroxylation is 1. The highest BCUT2D eigenvalue weighted by Gasteiger charge is 2.09. The molecule has 0 radical (unpaired) electrons. The maximum Gasteiger partial charge on any atom is 0.290 e. The number of benzene rings is 1. The average Bonchev–Trinajstić information content (AvgIpc) is 3.08. The molecule has 0 saturated heterocycles. The average molecular weight is 385 g/mol. The highest BCUT2D eigenvalue weighted by Crippen LogP contribution is 2.14. The number of rotatable bonds is 7. The van der Waals surface area contributed by atoms with Crippen LogP contribution >= 0.6 is 0 Å². The molecule has 8 nitrogen and oxygen atoms in total. The van der Waals surface area contributed by atoms with Crippen molar-refractivity contribution in [3.8, 4) is 5.75 Å². The second kappa shape index (κ2) is 10.7. The number of hydrogen-bond acceptors (Lipinski definition) is 5. The van der Waals surface area contributed by atoms with Crippen LogP contribution in [-0.4, -0.2) is 47.4 Å². The number of aromatic nitrogens is 2. The summed E-state index contributed by atoms with van der Waals surface area (Å²) in [6.07, 6.45) is 1.93. The molecule has 0 aliphatic rings. The van der Waals surface area contributed by atoms with Crippen LogP contribution in [-0.2, 0) is 23.1 Å². The molecule has 1 aromatic carbocycles. The summed E-state index contributed by atoms with van der Waals surface area (Å²) in [7, 11) is 3.55. The fourth-order valence-corrected chi connectivity index (χ4v) is 2.48. The molecule has 0 atom stereocenters. The van der Waals surface area contributed by atoms with Gasteiger partial charge in [-0.05, 0) is 35.9 Å². The number of hydrogen-bond donors (Lipinski definition) is 2. The van der Waals surface area contributed by atoms with Gasteiger partial charge in [0.05, 0.1) is 6.61 Å². The smallest absolute Gasteiger partial charge is 0.290 e. The Kier molecular flexibility index (Phi) is 7.98. The first-order valence-corrected chi connectivity index (χ1v) is 8.58. The van der Waals surface area contributed by atoms with Crippen LogP contribution in [0.5, 0.6) is 5.75 Å². The van der Waals surface area contributed by atoms with Crippen molar-refractivity contribution in [2.45, 2.75) is 6.54 Å². The Labute approximate surface area is 162 Å². The Morgan fingerprint density at radius 3 is 2.57 bits per heavy atom. The number of carbonyl (C=O) groups excluding carboxylic acids is 1. The van der Waals surface area contributed by atoms with Gasteiger partial charge in [0.15, 0.2) is 0 Å². The molecule has 0 bridgehead atoms. The maximum absolute atomic E-state index is 12.3. The van der Waals surface area contributed by atoms with Crippen molar-refractivity contribution in [2.75, 3.05) is 20.3 Å². The van der Waals surface area contributed by atoms with Crippen molar-refractivity contribution in [3.63, 3.8) is 0 Å². The summed E-state index contributed by atoms with van der Waals surface area (Å²) in [5, 5.41) is 10.8. The second-order valence-electron chi connectivity index (χ2n) is 5.81. The fourth-order valence-electron chi connectivity index (χ4n) is 2.48. The Bertz CT molecular complexity index is 906. The number of carboxylic acid groups (broad SMARTS) is 1. The Balaban J connectivity index is 0.000000878. The zero-order valence-corrected chi connectivity index (χ0v) is 15.8. The van der Waals surface area contributed by atoms with E-state index in [9.17, 15) is 4.79 Å². The standard InChI is InChI=1S/C19H21N3O3.CH2O2/c1-22-10-9-15-5-8-17(21-18(15)22)19(23)20-13-14-3-6-16(7-4-14)25-12-11-24-2;2-1-3/h3-10H,11-13H2,1-2H3,(H,20,23);1H,(H,2,3). The predicted octanol–water partition coefficient (Wildman–Crippen LogP) is 2.23. The van der Waals surface area contributed by atoms with E-state index in [4.69, 9.17) is 19.4 Å². The maximum atomic E-state index is 12.3. The number of carbonyl (C=O) groups is 2. The van der Waals surface area contributed by atoms with E-state index in [0.29, 0.717) is 25.5 Å². The molecule has 0 saturated carbocycles. The van der Waals surface area contributed by atoms with Crippen molar-refractivity contribution in [1.29, 1.82) is 0 Å². The summed E-state index contributed by atoms with van der Waals surface area (Å²) in [6.45, 7) is 1.25. The molecule has 1 amide bonds. The van der Waals surface area contributed by atoms with Crippen LogP contribution < -0.4 is 10.1 Å². The molecule has 148 valence electrons. The highest BCUT2D eigenvalue weighted by atomic mass is 16.5. The van der Waals surface area contributed by atoms with Crippen LogP contribution in [0.1, 0.15) is 16.1 Å². The van der Waals surface area contributed by atoms with E-state index in [1.54, 1.807) is 13.2 Å². The van der Waals surface area contributed by atoms with Gasteiger partial charge in [0.1, 0.15) is 23.7 Å². The van der Waals surface area contributed by atoms with Crippen LogP contribution in [0.3, 0.4) is 0 Å². The minimum Gasteiger partial charge on any atom is -0.491 e. The van der Waals surface area contributed by atoms with Gasteiger partial charge in [0.25, 0.3) is 12.4 Å². The summed E-state index contributed by atoms with van der Waals surface area (Å²) in [6, 6.07) is 13.2. The molecule has 2 heterocycles. The first-order chi connectivity index (χ1) is 13.6. The summed E-state index contributed by atoms with van der Waals surface area (Å²) in [5.74, 6) is 0.589. The largest absolute Gasteiger partial charge is 0.491 e. The summed E-state index contributed by atoms with van der Waals surface area (Å²) in [5.41, 5.74) is 2.20. The van der Waals surface area contributed by atoms with Crippen LogP contribution in [0.15, 0.2) is 48.7 Å². The fraction of sp³-hybridized carbons (Fsp3) is 0.250. The van der Waals surface area contributed by atoms with E-state index in [2.05, 4.69) is 10.3 Å². The third-order valence-electron chi connectivity index (χ3n) is 3.88. The van der Waals surface area contributed by atoms with Gasteiger partial charge in [0.2, 0.25) is 0 Å². The molecule has 3 rings (SSSR count). The minimum absolute atomic E-state index is 0.191. The van der Waals surface area contributed by atoms with Crippen LogP contribution in [0.4, 0.5) is 0 Å². The summed E-state index contributed by atoms with van der Waals surface area (Å²) in [4.78, 5) is 25.1. The molecular weight excluding hydrogens is 362 g/mol. The van der Waals surface area contributed by atoms with Gasteiger partial charge in [-0.1, -0.05) is 12.1 Å². The van der Waals surface area contributed by atoms with E-state index in [0.717, 1.165) is 22.3 Å². The summed E-state index contributed by atoms with van der Waals surface area (Å²) >= 11 is 0. The van der Waals surface area contributed by atoms with Crippen molar-refractivity contribution in [1.82, 2.24) is 14.9 Å². The van der Waals surface area contributed by atoms with Gasteiger partial charge < -0.3 is 24.5 Å². The number of fused-ring (bicyclic) bond motifs is 1. The first-order valence-electron chi connectivity index (χ1n) is 8.58. The van der Waals surface area contributed by atoms with E-state index < -0.39 is 0 Å². The minimum atomic E-state index is -0.250. The number of amides is 1. The van der Waals surface area contributed by atoms with E-state index in [1.165, 1.54) is 0 Å². The summed E-state index contributed by atoms with van der Waals surface area (Å²) < 4.78 is 12.4. The van der Waals surface area contributed by atoms with Crippen LogP contribution in [0, 0.1) is 0 Å². The van der Waals surface area contributed by atoms with Gasteiger partial charge in [0, 0.05) is 32.3 Å². The van der Waals surface area contributed by atoms with Crippen molar-refractivity contribution < 1.29 is 24.2 Å². The quantitative estimate of drug-likeness (QED) is 0.478. The molecule has 0 fully saturated rings. The van der Waals surface area contributed by atoms with Crippen molar-refractivity contribution in [3.05, 3.63) is 59.9 Å². The number of ether oxygens (including phenoxy) is 2. The third kappa shape index (κ3) is 5.82. The number of methoxy groups -OCH3 is 1. The Morgan fingerprint density at radius 2 is 1.89 bits per heavy atom. The number of pyridine rings is 1. The normalized spacial score (nSPS) is 10.1. The van der Waals surface area contributed by atoms with Crippen molar-refractivity contribution >= 4 is 23.4 Å². The van der Waals surface area contributed by atoms with Crippen LogP contribution in [0.2, 0.25) is 0 Å². The predicted molar refractivity (Wildman–Crippen MR) is 104 cm³/mol. The van der Waals surface area contributed by atoms with E-state index >= 15 is 0 Å². The Morgan fingerprint density at radius 1 is 1.18 bits per heavy atom. The van der Waals surface area contributed by atoms with Crippen molar-refractivity contribution in [2.24, 2.45) is 7.05 Å².